The zero-order valence-corrected chi connectivity index (χ0v) is 24.6. The number of hydrogen-bond acceptors (Lipinski definition) is 4. The number of nitrogens with one attached hydrogen (secondary N) is 1. The second-order valence-electron chi connectivity index (χ2n) is 9.90. The zero-order chi connectivity index (χ0) is 27.9. The Morgan fingerprint density at radius 3 is 2.39 bits per heavy atom. The molecule has 10 heteroatoms. The SMILES string of the molecule is CC[C@@H](C(=O)NC1CCCC1)N(Cc1ccc(Cl)cc1Cl)C(=O)CCCN(c1ccccc1C)S(C)(=O)=O. The summed E-state index contributed by atoms with van der Waals surface area (Å²) in [6, 6.07) is 11.8. The molecule has 2 aromatic carbocycles. The van der Waals surface area contributed by atoms with Crippen LogP contribution in [0.4, 0.5) is 5.69 Å². The number of amides is 2. The molecule has 38 heavy (non-hydrogen) atoms. The van der Waals surface area contributed by atoms with E-state index in [1.54, 1.807) is 35.2 Å². The van der Waals surface area contributed by atoms with Crippen molar-refractivity contribution in [3.05, 3.63) is 63.6 Å². The van der Waals surface area contributed by atoms with E-state index >= 15 is 0 Å². The molecule has 0 saturated heterocycles. The third-order valence-electron chi connectivity index (χ3n) is 6.98. The topological polar surface area (TPSA) is 86.8 Å². The van der Waals surface area contributed by atoms with Gasteiger partial charge >= 0.3 is 0 Å². The summed E-state index contributed by atoms with van der Waals surface area (Å²) in [6.45, 7) is 4.03. The Labute approximate surface area is 236 Å². The van der Waals surface area contributed by atoms with Crippen molar-refractivity contribution in [1.82, 2.24) is 10.2 Å². The van der Waals surface area contributed by atoms with Crippen LogP contribution in [0, 0.1) is 6.92 Å². The lowest BCUT2D eigenvalue weighted by Gasteiger charge is -2.32. The fraction of sp³-hybridized carbons (Fsp3) is 0.500. The molecule has 3 rings (SSSR count). The molecule has 1 fully saturated rings. The number of halogens is 2. The molecule has 2 aromatic rings. The fourth-order valence-corrected chi connectivity index (χ4v) is 6.44. The van der Waals surface area contributed by atoms with Gasteiger partial charge in [-0.1, -0.05) is 67.2 Å². The number of aryl methyl sites for hydroxylation is 1. The molecule has 7 nitrogen and oxygen atoms in total. The Morgan fingerprint density at radius 1 is 1.11 bits per heavy atom. The van der Waals surface area contributed by atoms with E-state index in [0.29, 0.717) is 34.1 Å². The number of hydrogen-bond donors (Lipinski definition) is 1. The first-order valence-corrected chi connectivity index (χ1v) is 15.7. The van der Waals surface area contributed by atoms with Gasteiger partial charge < -0.3 is 10.2 Å². The predicted molar refractivity (Wildman–Crippen MR) is 154 cm³/mol. The molecule has 0 aliphatic heterocycles. The van der Waals surface area contributed by atoms with Crippen LogP contribution < -0.4 is 9.62 Å². The molecule has 0 unspecified atom stereocenters. The summed E-state index contributed by atoms with van der Waals surface area (Å²) in [7, 11) is -3.55. The Kier molecular flexibility index (Phi) is 10.9. The summed E-state index contributed by atoms with van der Waals surface area (Å²) < 4.78 is 26.5. The third kappa shape index (κ3) is 8.10. The van der Waals surface area contributed by atoms with Gasteiger partial charge in [0.25, 0.3) is 0 Å². The van der Waals surface area contributed by atoms with Gasteiger partial charge in [-0.15, -0.1) is 0 Å². The molecule has 1 N–H and O–H groups in total. The molecule has 0 radical (unpaired) electrons. The van der Waals surface area contributed by atoms with Crippen molar-refractivity contribution in [3.63, 3.8) is 0 Å². The van der Waals surface area contributed by atoms with Gasteiger partial charge in [0.1, 0.15) is 6.04 Å². The van der Waals surface area contributed by atoms with Crippen LogP contribution >= 0.6 is 23.2 Å². The summed E-state index contributed by atoms with van der Waals surface area (Å²) >= 11 is 12.5. The van der Waals surface area contributed by atoms with Crippen LogP contribution in [-0.2, 0) is 26.2 Å². The van der Waals surface area contributed by atoms with Gasteiger partial charge in [0, 0.05) is 35.6 Å². The minimum Gasteiger partial charge on any atom is -0.352 e. The smallest absolute Gasteiger partial charge is 0.243 e. The van der Waals surface area contributed by atoms with Gasteiger partial charge in [0.15, 0.2) is 0 Å². The normalized spacial score (nSPS) is 14.8. The first-order valence-electron chi connectivity index (χ1n) is 13.1. The number of sulfonamides is 1. The van der Waals surface area contributed by atoms with Crippen molar-refractivity contribution < 1.29 is 18.0 Å². The highest BCUT2D eigenvalue weighted by atomic mass is 35.5. The Hall–Kier alpha value is -2.29. The zero-order valence-electron chi connectivity index (χ0n) is 22.3. The molecule has 1 aliphatic rings. The summed E-state index contributed by atoms with van der Waals surface area (Å²) in [4.78, 5) is 28.5. The first kappa shape index (κ1) is 30.3. The molecular weight excluding hydrogens is 545 g/mol. The largest absolute Gasteiger partial charge is 0.352 e. The maximum absolute atomic E-state index is 13.6. The van der Waals surface area contributed by atoms with E-state index in [1.807, 2.05) is 26.0 Å². The second kappa shape index (κ2) is 13.7. The quantitative estimate of drug-likeness (QED) is 0.347. The van der Waals surface area contributed by atoms with Gasteiger partial charge in [-0.3, -0.25) is 13.9 Å². The Morgan fingerprint density at radius 2 is 1.79 bits per heavy atom. The number of carbonyl (C=O) groups excluding carboxylic acids is 2. The summed E-state index contributed by atoms with van der Waals surface area (Å²) in [6.07, 6.45) is 6.04. The summed E-state index contributed by atoms with van der Waals surface area (Å²) in [5, 5.41) is 4.03. The summed E-state index contributed by atoms with van der Waals surface area (Å²) in [5.41, 5.74) is 2.11. The van der Waals surface area contributed by atoms with Gasteiger partial charge in [-0.05, 0) is 61.9 Å². The number of nitrogens with zero attached hydrogens (tertiary/aromatic N) is 2. The predicted octanol–water partition coefficient (Wildman–Crippen LogP) is 5.71. The van der Waals surface area contributed by atoms with E-state index in [2.05, 4.69) is 5.32 Å². The number of rotatable bonds is 12. The molecule has 0 spiro atoms. The minimum absolute atomic E-state index is 0.0797. The van der Waals surface area contributed by atoms with Crippen molar-refractivity contribution >= 4 is 50.7 Å². The highest BCUT2D eigenvalue weighted by Crippen LogP contribution is 2.26. The molecule has 2 amide bonds. The van der Waals surface area contributed by atoms with Gasteiger partial charge in [0.05, 0.1) is 11.9 Å². The number of carbonyl (C=O) groups is 2. The molecule has 208 valence electrons. The average molecular weight is 583 g/mol. The first-order chi connectivity index (χ1) is 18.0. The molecule has 0 heterocycles. The Balaban J connectivity index is 1.79. The lowest BCUT2D eigenvalue weighted by atomic mass is 10.1. The van der Waals surface area contributed by atoms with E-state index in [1.165, 1.54) is 4.31 Å². The van der Waals surface area contributed by atoms with Crippen LogP contribution in [-0.4, -0.2) is 50.0 Å². The standard InChI is InChI=1S/C28H37Cl2N3O4S/c1-4-25(28(35)31-23-11-6-7-12-23)32(19-21-15-16-22(29)18-24(21)30)27(34)14-9-17-33(38(3,36)37)26-13-8-5-10-20(26)2/h5,8,10,13,15-16,18,23,25H,4,6-7,9,11-12,14,17,19H2,1-3H3,(H,31,35)/t25-/m0/s1. The number of para-hydroxylation sites is 1. The lowest BCUT2D eigenvalue weighted by molar-refractivity contribution is -0.141. The van der Waals surface area contributed by atoms with E-state index in [4.69, 9.17) is 23.2 Å². The Bertz CT molecular complexity index is 1230. The van der Waals surface area contributed by atoms with Crippen molar-refractivity contribution in [2.75, 3.05) is 17.1 Å². The van der Waals surface area contributed by atoms with Crippen LogP contribution in [0.5, 0.6) is 0 Å². The third-order valence-corrected chi connectivity index (χ3v) is 8.75. The molecule has 1 atom stereocenters. The molecule has 0 aromatic heterocycles. The van der Waals surface area contributed by atoms with E-state index in [0.717, 1.165) is 37.5 Å². The van der Waals surface area contributed by atoms with Crippen LogP contribution in [0.2, 0.25) is 10.0 Å². The van der Waals surface area contributed by atoms with Crippen molar-refractivity contribution in [1.29, 1.82) is 0 Å². The highest BCUT2D eigenvalue weighted by Gasteiger charge is 2.31. The highest BCUT2D eigenvalue weighted by molar-refractivity contribution is 7.92. The van der Waals surface area contributed by atoms with Crippen LogP contribution in [0.25, 0.3) is 0 Å². The summed E-state index contributed by atoms with van der Waals surface area (Å²) in [5.74, 6) is -0.404. The van der Waals surface area contributed by atoms with Gasteiger partial charge in [-0.25, -0.2) is 8.42 Å². The van der Waals surface area contributed by atoms with E-state index in [9.17, 15) is 18.0 Å². The number of benzene rings is 2. The van der Waals surface area contributed by atoms with Crippen LogP contribution in [0.15, 0.2) is 42.5 Å². The minimum atomic E-state index is -3.55. The van der Waals surface area contributed by atoms with Crippen LogP contribution in [0.1, 0.15) is 63.0 Å². The molecule has 1 saturated carbocycles. The fourth-order valence-electron chi connectivity index (χ4n) is 4.95. The average Bonchev–Trinajstić information content (AvgIpc) is 3.36. The monoisotopic (exact) mass is 581 g/mol. The maximum atomic E-state index is 13.6. The van der Waals surface area contributed by atoms with Crippen molar-refractivity contribution in [2.24, 2.45) is 0 Å². The van der Waals surface area contributed by atoms with Crippen LogP contribution in [0.3, 0.4) is 0 Å². The molecular formula is C28H37Cl2N3O4S. The van der Waals surface area contributed by atoms with Gasteiger partial charge in [0.2, 0.25) is 21.8 Å². The van der Waals surface area contributed by atoms with Crippen molar-refractivity contribution in [3.8, 4) is 0 Å². The van der Waals surface area contributed by atoms with Crippen molar-refractivity contribution in [2.45, 2.75) is 77.4 Å². The number of anilines is 1. The van der Waals surface area contributed by atoms with E-state index in [-0.39, 0.29) is 37.4 Å². The maximum Gasteiger partial charge on any atom is 0.243 e. The molecule has 1 aliphatic carbocycles. The lowest BCUT2D eigenvalue weighted by Crippen LogP contribution is -2.51. The van der Waals surface area contributed by atoms with E-state index < -0.39 is 16.1 Å². The molecule has 0 bridgehead atoms. The second-order valence-corrected chi connectivity index (χ2v) is 12.6. The van der Waals surface area contributed by atoms with Gasteiger partial charge in [-0.2, -0.15) is 0 Å².